The number of fused-ring (bicyclic) bond motifs is 1. The highest BCUT2D eigenvalue weighted by Crippen LogP contribution is 2.25. The summed E-state index contributed by atoms with van der Waals surface area (Å²) < 4.78 is 0. The molecule has 15 heavy (non-hydrogen) atoms. The predicted molar refractivity (Wildman–Crippen MR) is 60.7 cm³/mol. The molecular weight excluding hydrogens is 188 g/mol. The number of carbonyl (C=O) groups is 1. The Bertz CT molecular complexity index is 387. The van der Waals surface area contributed by atoms with Crippen LogP contribution in [-0.2, 0) is 17.6 Å². The summed E-state index contributed by atoms with van der Waals surface area (Å²) in [7, 11) is 0. The number of aryl methyl sites for hydroxylation is 2. The molecule has 2 rings (SSSR count). The molecule has 0 bridgehead atoms. The number of anilines is 1. The van der Waals surface area contributed by atoms with Crippen molar-refractivity contribution in [3.8, 4) is 0 Å². The summed E-state index contributed by atoms with van der Waals surface area (Å²) in [5.74, 6) is -0.324. The van der Waals surface area contributed by atoms with Crippen LogP contribution in [0, 0.1) is 0 Å². The van der Waals surface area contributed by atoms with Gasteiger partial charge in [-0.3, -0.25) is 4.79 Å². The van der Waals surface area contributed by atoms with Gasteiger partial charge in [0.1, 0.15) is 6.04 Å². The van der Waals surface area contributed by atoms with Gasteiger partial charge in [-0.25, -0.2) is 0 Å². The molecule has 0 spiro atoms. The van der Waals surface area contributed by atoms with Crippen LogP contribution in [0.15, 0.2) is 18.2 Å². The Morgan fingerprint density at radius 2 is 2.13 bits per heavy atom. The third-order valence-corrected chi connectivity index (χ3v) is 2.91. The lowest BCUT2D eigenvalue weighted by molar-refractivity contribution is -0.118. The van der Waals surface area contributed by atoms with Crippen LogP contribution in [0.5, 0.6) is 0 Å². The first kappa shape index (κ1) is 10.0. The fourth-order valence-electron chi connectivity index (χ4n) is 1.98. The monoisotopic (exact) mass is 204 g/mol. The molecule has 1 aliphatic carbocycles. The second kappa shape index (κ2) is 3.93. The van der Waals surface area contributed by atoms with Crippen LogP contribution in [0.3, 0.4) is 0 Å². The van der Waals surface area contributed by atoms with E-state index in [1.165, 1.54) is 24.0 Å². The summed E-state index contributed by atoms with van der Waals surface area (Å²) in [6.45, 7) is 1.77. The van der Waals surface area contributed by atoms with E-state index in [0.717, 1.165) is 12.1 Å². The molecule has 1 aliphatic rings. The first-order valence-corrected chi connectivity index (χ1v) is 5.34. The molecule has 3 N–H and O–H groups in total. The van der Waals surface area contributed by atoms with E-state index in [-0.39, 0.29) is 11.9 Å². The van der Waals surface area contributed by atoms with Crippen LogP contribution in [0.2, 0.25) is 0 Å². The van der Waals surface area contributed by atoms with E-state index in [1.54, 1.807) is 6.92 Å². The molecule has 0 saturated heterocycles. The Morgan fingerprint density at radius 1 is 1.40 bits per heavy atom. The fraction of sp³-hybridized carbons (Fsp3) is 0.417. The average molecular weight is 204 g/mol. The summed E-state index contributed by atoms with van der Waals surface area (Å²) in [6, 6.07) is 5.97. The zero-order valence-electron chi connectivity index (χ0n) is 8.92. The Labute approximate surface area is 89.7 Å². The molecule has 0 saturated carbocycles. The number of carbonyl (C=O) groups excluding carboxylic acids is 1. The molecule has 80 valence electrons. The standard InChI is InChI=1S/C12H16N2O/c1-8(12(13)15)14-11-6-5-9-3-2-4-10(9)7-11/h5-8,14H,2-4H2,1H3,(H2,13,15). The fourth-order valence-corrected chi connectivity index (χ4v) is 1.98. The number of rotatable bonds is 3. The highest BCUT2D eigenvalue weighted by Gasteiger charge is 2.12. The first-order valence-electron chi connectivity index (χ1n) is 5.34. The van der Waals surface area contributed by atoms with E-state index in [0.29, 0.717) is 0 Å². The first-order chi connectivity index (χ1) is 7.16. The topological polar surface area (TPSA) is 55.1 Å². The molecule has 0 aromatic heterocycles. The van der Waals surface area contributed by atoms with E-state index in [2.05, 4.69) is 17.4 Å². The van der Waals surface area contributed by atoms with Gasteiger partial charge in [0.2, 0.25) is 5.91 Å². The second-order valence-electron chi connectivity index (χ2n) is 4.11. The molecule has 1 amide bonds. The van der Waals surface area contributed by atoms with Crippen molar-refractivity contribution in [1.82, 2.24) is 0 Å². The van der Waals surface area contributed by atoms with E-state index in [4.69, 9.17) is 5.73 Å². The number of amides is 1. The molecule has 0 radical (unpaired) electrons. The number of nitrogens with two attached hydrogens (primary N) is 1. The number of hydrogen-bond acceptors (Lipinski definition) is 2. The van der Waals surface area contributed by atoms with Gasteiger partial charge in [0, 0.05) is 5.69 Å². The zero-order valence-corrected chi connectivity index (χ0v) is 8.92. The summed E-state index contributed by atoms with van der Waals surface area (Å²) in [5.41, 5.74) is 9.02. The van der Waals surface area contributed by atoms with Gasteiger partial charge in [-0.1, -0.05) is 6.07 Å². The lowest BCUT2D eigenvalue weighted by atomic mass is 10.1. The second-order valence-corrected chi connectivity index (χ2v) is 4.11. The Kier molecular flexibility index (Phi) is 2.62. The molecule has 3 nitrogen and oxygen atoms in total. The molecule has 1 atom stereocenters. The quantitative estimate of drug-likeness (QED) is 0.783. The summed E-state index contributed by atoms with van der Waals surface area (Å²) in [5, 5.41) is 3.10. The number of nitrogens with one attached hydrogen (secondary N) is 1. The SMILES string of the molecule is CC(Nc1ccc2c(c1)CCC2)C(N)=O. The Balaban J connectivity index is 2.13. The van der Waals surface area contributed by atoms with Crippen LogP contribution in [0.4, 0.5) is 5.69 Å². The Morgan fingerprint density at radius 3 is 2.87 bits per heavy atom. The minimum atomic E-state index is -0.324. The van der Waals surface area contributed by atoms with Crippen molar-refractivity contribution in [2.24, 2.45) is 5.73 Å². The summed E-state index contributed by atoms with van der Waals surface area (Å²) in [4.78, 5) is 10.9. The van der Waals surface area contributed by atoms with Crippen molar-refractivity contribution in [2.75, 3.05) is 5.32 Å². The smallest absolute Gasteiger partial charge is 0.239 e. The van der Waals surface area contributed by atoms with Crippen LogP contribution < -0.4 is 11.1 Å². The van der Waals surface area contributed by atoms with Crippen molar-refractivity contribution < 1.29 is 4.79 Å². The normalized spacial score (nSPS) is 15.8. The van der Waals surface area contributed by atoms with Gasteiger partial charge in [-0.15, -0.1) is 0 Å². The lowest BCUT2D eigenvalue weighted by Gasteiger charge is -2.12. The number of benzene rings is 1. The van der Waals surface area contributed by atoms with Gasteiger partial charge >= 0.3 is 0 Å². The third kappa shape index (κ3) is 2.12. The van der Waals surface area contributed by atoms with Crippen LogP contribution >= 0.6 is 0 Å². The van der Waals surface area contributed by atoms with E-state index < -0.39 is 0 Å². The summed E-state index contributed by atoms with van der Waals surface area (Å²) >= 11 is 0. The molecule has 0 fully saturated rings. The van der Waals surface area contributed by atoms with Crippen molar-refractivity contribution in [3.63, 3.8) is 0 Å². The van der Waals surface area contributed by atoms with Gasteiger partial charge in [0.15, 0.2) is 0 Å². The number of hydrogen-bond donors (Lipinski definition) is 2. The molecule has 1 aromatic carbocycles. The zero-order chi connectivity index (χ0) is 10.8. The largest absolute Gasteiger partial charge is 0.374 e. The van der Waals surface area contributed by atoms with Gasteiger partial charge in [-0.05, 0) is 49.4 Å². The van der Waals surface area contributed by atoms with Crippen molar-refractivity contribution in [1.29, 1.82) is 0 Å². The van der Waals surface area contributed by atoms with Crippen LogP contribution in [0.25, 0.3) is 0 Å². The molecule has 0 aliphatic heterocycles. The highest BCUT2D eigenvalue weighted by atomic mass is 16.1. The van der Waals surface area contributed by atoms with Gasteiger partial charge in [-0.2, -0.15) is 0 Å². The summed E-state index contributed by atoms with van der Waals surface area (Å²) in [6.07, 6.45) is 3.57. The highest BCUT2D eigenvalue weighted by molar-refractivity contribution is 5.82. The van der Waals surface area contributed by atoms with Crippen molar-refractivity contribution in [2.45, 2.75) is 32.2 Å². The number of primary amides is 1. The van der Waals surface area contributed by atoms with Gasteiger partial charge in [0.05, 0.1) is 0 Å². The molecular formula is C12H16N2O. The predicted octanol–water partition coefficient (Wildman–Crippen LogP) is 1.46. The minimum Gasteiger partial charge on any atom is -0.374 e. The maximum Gasteiger partial charge on any atom is 0.239 e. The van der Waals surface area contributed by atoms with Crippen LogP contribution in [-0.4, -0.2) is 11.9 Å². The maximum atomic E-state index is 10.9. The molecule has 0 heterocycles. The van der Waals surface area contributed by atoms with Crippen molar-refractivity contribution in [3.05, 3.63) is 29.3 Å². The van der Waals surface area contributed by atoms with E-state index in [9.17, 15) is 4.79 Å². The average Bonchev–Trinajstić information content (AvgIpc) is 2.64. The molecule has 3 heteroatoms. The minimum absolute atomic E-state index is 0.315. The third-order valence-electron chi connectivity index (χ3n) is 2.91. The van der Waals surface area contributed by atoms with E-state index >= 15 is 0 Å². The Hall–Kier alpha value is -1.51. The van der Waals surface area contributed by atoms with Crippen LogP contribution in [0.1, 0.15) is 24.5 Å². The molecule has 1 unspecified atom stereocenters. The molecule has 1 aromatic rings. The lowest BCUT2D eigenvalue weighted by Crippen LogP contribution is -2.32. The maximum absolute atomic E-state index is 10.9. The van der Waals surface area contributed by atoms with Gasteiger partial charge in [0.25, 0.3) is 0 Å². The van der Waals surface area contributed by atoms with E-state index in [1.807, 2.05) is 6.07 Å². The van der Waals surface area contributed by atoms with Crippen molar-refractivity contribution >= 4 is 11.6 Å². The van der Waals surface area contributed by atoms with Gasteiger partial charge < -0.3 is 11.1 Å².